The predicted molar refractivity (Wildman–Crippen MR) is 109 cm³/mol. The van der Waals surface area contributed by atoms with Crippen LogP contribution < -0.4 is 0 Å². The maximum atomic E-state index is 8.81. The van der Waals surface area contributed by atoms with E-state index < -0.39 is 0 Å². The number of nitrogens with zero attached hydrogens (tertiary/aromatic N) is 1. The number of likely N-dealkylation sites (N-methyl/N-ethyl adjacent to an activating group) is 1. The third-order valence-corrected chi connectivity index (χ3v) is 4.78. The highest BCUT2D eigenvalue weighted by Crippen LogP contribution is 2.37. The summed E-state index contributed by atoms with van der Waals surface area (Å²) < 4.78 is 0. The molecule has 0 aromatic heterocycles. The summed E-state index contributed by atoms with van der Waals surface area (Å²) in [6, 6.07) is 12.9. The number of fused-ring (bicyclic) bond motifs is 1. The SMILES string of the molecule is CN(C)CC1=CC=CC1c1cc2ccccc2cc1C(=N)C(C)(C)C. The number of nitrogens with one attached hydrogen (secondary N) is 1. The van der Waals surface area contributed by atoms with Crippen LogP contribution in [0, 0.1) is 10.8 Å². The fraction of sp³-hybridized carbons (Fsp3) is 0.348. The van der Waals surface area contributed by atoms with Crippen molar-refractivity contribution in [1.29, 1.82) is 5.41 Å². The Balaban J connectivity index is 2.17. The van der Waals surface area contributed by atoms with E-state index in [0.717, 1.165) is 12.1 Å². The van der Waals surface area contributed by atoms with Crippen molar-refractivity contribution in [3.63, 3.8) is 0 Å². The van der Waals surface area contributed by atoms with E-state index in [0.29, 0.717) is 5.71 Å². The topological polar surface area (TPSA) is 27.1 Å². The molecule has 0 fully saturated rings. The summed E-state index contributed by atoms with van der Waals surface area (Å²) in [5.41, 5.74) is 4.25. The van der Waals surface area contributed by atoms with E-state index >= 15 is 0 Å². The molecule has 25 heavy (non-hydrogen) atoms. The Morgan fingerprint density at radius 2 is 1.72 bits per heavy atom. The van der Waals surface area contributed by atoms with Crippen molar-refractivity contribution < 1.29 is 0 Å². The van der Waals surface area contributed by atoms with Gasteiger partial charge >= 0.3 is 0 Å². The molecular formula is C23H28N2. The van der Waals surface area contributed by atoms with Crippen LogP contribution in [0.2, 0.25) is 0 Å². The Labute approximate surface area is 151 Å². The van der Waals surface area contributed by atoms with E-state index in [4.69, 9.17) is 5.41 Å². The summed E-state index contributed by atoms with van der Waals surface area (Å²) in [7, 11) is 4.21. The predicted octanol–water partition coefficient (Wildman–Crippen LogP) is 5.40. The average Bonchev–Trinajstić information content (AvgIpc) is 2.99. The molecule has 1 unspecified atom stereocenters. The van der Waals surface area contributed by atoms with E-state index in [9.17, 15) is 0 Å². The Bertz CT molecular complexity index is 863. The van der Waals surface area contributed by atoms with Gasteiger partial charge in [-0.15, -0.1) is 0 Å². The fourth-order valence-electron chi connectivity index (χ4n) is 3.47. The summed E-state index contributed by atoms with van der Waals surface area (Å²) >= 11 is 0. The largest absolute Gasteiger partial charge is 0.305 e. The van der Waals surface area contributed by atoms with Crippen molar-refractivity contribution in [2.75, 3.05) is 20.6 Å². The van der Waals surface area contributed by atoms with Gasteiger partial charge in [0.1, 0.15) is 0 Å². The minimum Gasteiger partial charge on any atom is -0.305 e. The summed E-state index contributed by atoms with van der Waals surface area (Å²) in [4.78, 5) is 2.21. The third-order valence-electron chi connectivity index (χ3n) is 4.78. The molecule has 0 heterocycles. The minimum atomic E-state index is -0.176. The van der Waals surface area contributed by atoms with Crippen molar-refractivity contribution in [3.05, 3.63) is 71.3 Å². The molecule has 0 bridgehead atoms. The second kappa shape index (κ2) is 6.61. The van der Waals surface area contributed by atoms with Gasteiger partial charge in [0.15, 0.2) is 0 Å². The molecule has 0 saturated carbocycles. The quantitative estimate of drug-likeness (QED) is 0.746. The summed E-state index contributed by atoms with van der Waals surface area (Å²) in [6.45, 7) is 7.30. The van der Waals surface area contributed by atoms with Gasteiger partial charge in [-0.1, -0.05) is 63.3 Å². The molecule has 1 N–H and O–H groups in total. The van der Waals surface area contributed by atoms with E-state index in [1.54, 1.807) is 0 Å². The normalized spacial score (nSPS) is 17.4. The molecule has 2 aromatic rings. The zero-order chi connectivity index (χ0) is 18.2. The zero-order valence-electron chi connectivity index (χ0n) is 15.9. The Hall–Kier alpha value is -2.19. The van der Waals surface area contributed by atoms with Crippen molar-refractivity contribution >= 4 is 16.5 Å². The first kappa shape index (κ1) is 17.6. The molecule has 0 radical (unpaired) electrons. The molecule has 3 rings (SSSR count). The number of hydrogen-bond donors (Lipinski definition) is 1. The Kier molecular flexibility index (Phi) is 4.66. The van der Waals surface area contributed by atoms with Crippen LogP contribution in [-0.4, -0.2) is 31.3 Å². The van der Waals surface area contributed by atoms with Gasteiger partial charge in [0.2, 0.25) is 0 Å². The highest BCUT2D eigenvalue weighted by atomic mass is 15.0. The number of hydrogen-bond acceptors (Lipinski definition) is 2. The van der Waals surface area contributed by atoms with Gasteiger partial charge in [-0.2, -0.15) is 0 Å². The van der Waals surface area contributed by atoms with Crippen LogP contribution in [0.15, 0.2) is 60.2 Å². The van der Waals surface area contributed by atoms with Crippen LogP contribution in [0.4, 0.5) is 0 Å². The highest BCUT2D eigenvalue weighted by Gasteiger charge is 2.26. The van der Waals surface area contributed by atoms with Crippen LogP contribution in [-0.2, 0) is 0 Å². The minimum absolute atomic E-state index is 0.176. The lowest BCUT2D eigenvalue weighted by atomic mass is 9.79. The van der Waals surface area contributed by atoms with Crippen LogP contribution in [0.1, 0.15) is 37.8 Å². The first-order valence-corrected chi connectivity index (χ1v) is 8.91. The molecular weight excluding hydrogens is 304 g/mol. The Morgan fingerprint density at radius 3 is 2.32 bits per heavy atom. The second-order valence-corrected chi connectivity index (χ2v) is 8.25. The van der Waals surface area contributed by atoms with Crippen molar-refractivity contribution in [3.8, 4) is 0 Å². The maximum Gasteiger partial charge on any atom is 0.0442 e. The second-order valence-electron chi connectivity index (χ2n) is 8.25. The molecule has 1 atom stereocenters. The number of benzene rings is 2. The van der Waals surface area contributed by atoms with Crippen molar-refractivity contribution in [2.24, 2.45) is 5.41 Å². The maximum absolute atomic E-state index is 8.81. The van der Waals surface area contributed by atoms with Gasteiger partial charge in [0.25, 0.3) is 0 Å². The molecule has 2 nitrogen and oxygen atoms in total. The molecule has 1 aliphatic rings. The standard InChI is InChI=1S/C23H28N2/c1-23(2,3)22(24)21-14-17-10-7-6-9-16(17)13-20(21)19-12-8-11-18(19)15-25(4)5/h6-14,19,24H,15H2,1-5H3. The molecule has 0 spiro atoms. The van der Waals surface area contributed by atoms with Gasteiger partial charge in [-0.05, 0) is 48.1 Å². The van der Waals surface area contributed by atoms with Gasteiger partial charge in [0, 0.05) is 29.2 Å². The van der Waals surface area contributed by atoms with Gasteiger partial charge in [-0.25, -0.2) is 0 Å². The van der Waals surface area contributed by atoms with E-state index in [-0.39, 0.29) is 11.3 Å². The van der Waals surface area contributed by atoms with E-state index in [1.807, 2.05) is 0 Å². The van der Waals surface area contributed by atoms with Crippen LogP contribution in [0.3, 0.4) is 0 Å². The number of allylic oxidation sites excluding steroid dienone is 3. The average molecular weight is 332 g/mol. The third kappa shape index (κ3) is 3.59. The molecule has 1 aliphatic carbocycles. The monoisotopic (exact) mass is 332 g/mol. The fourth-order valence-corrected chi connectivity index (χ4v) is 3.47. The molecule has 0 saturated heterocycles. The van der Waals surface area contributed by atoms with Crippen molar-refractivity contribution in [1.82, 2.24) is 4.90 Å². The van der Waals surface area contributed by atoms with Gasteiger partial charge in [0.05, 0.1) is 0 Å². The molecule has 130 valence electrons. The molecule has 2 heteroatoms. The summed E-state index contributed by atoms with van der Waals surface area (Å²) in [6.07, 6.45) is 6.65. The number of rotatable bonds is 4. The summed E-state index contributed by atoms with van der Waals surface area (Å²) in [5, 5.41) is 11.3. The molecule has 2 aromatic carbocycles. The highest BCUT2D eigenvalue weighted by molar-refractivity contribution is 6.06. The van der Waals surface area contributed by atoms with Crippen LogP contribution in [0.5, 0.6) is 0 Å². The summed E-state index contributed by atoms with van der Waals surface area (Å²) in [5.74, 6) is 0.254. The molecule has 0 amide bonds. The van der Waals surface area contributed by atoms with Gasteiger partial charge in [-0.3, -0.25) is 0 Å². The smallest absolute Gasteiger partial charge is 0.0442 e. The van der Waals surface area contributed by atoms with Crippen LogP contribution >= 0.6 is 0 Å². The van der Waals surface area contributed by atoms with Crippen molar-refractivity contribution in [2.45, 2.75) is 26.7 Å². The lowest BCUT2D eigenvalue weighted by Crippen LogP contribution is -2.23. The lowest BCUT2D eigenvalue weighted by molar-refractivity contribution is 0.439. The molecule has 0 aliphatic heterocycles. The first-order valence-electron chi connectivity index (χ1n) is 8.91. The van der Waals surface area contributed by atoms with E-state index in [2.05, 4.69) is 94.4 Å². The zero-order valence-corrected chi connectivity index (χ0v) is 15.9. The van der Waals surface area contributed by atoms with E-state index in [1.165, 1.54) is 21.9 Å². The lowest BCUT2D eigenvalue weighted by Gasteiger charge is -2.26. The first-order chi connectivity index (χ1) is 11.8. The van der Waals surface area contributed by atoms with Gasteiger partial charge < -0.3 is 10.3 Å². The van der Waals surface area contributed by atoms with Crippen LogP contribution in [0.25, 0.3) is 10.8 Å². The Morgan fingerprint density at radius 1 is 1.08 bits per heavy atom.